The molecule has 1 aliphatic heterocycles. The minimum absolute atomic E-state index is 0.187. The average Bonchev–Trinajstić information content (AvgIpc) is 3.41. The number of rotatable bonds is 6. The molecule has 0 spiro atoms. The van der Waals surface area contributed by atoms with Gasteiger partial charge in [-0.25, -0.2) is 9.97 Å². The first-order valence-electron chi connectivity index (χ1n) is 10.4. The van der Waals surface area contributed by atoms with Crippen LogP contribution in [0.25, 0.3) is 11.3 Å². The number of aliphatic hydroxyl groups excluding tert-OH is 1. The van der Waals surface area contributed by atoms with Crippen molar-refractivity contribution in [3.63, 3.8) is 0 Å². The molecule has 1 amide bonds. The van der Waals surface area contributed by atoms with Crippen molar-refractivity contribution in [2.24, 2.45) is 5.92 Å². The number of benzene rings is 1. The van der Waals surface area contributed by atoms with Gasteiger partial charge in [0.25, 0.3) is 0 Å². The summed E-state index contributed by atoms with van der Waals surface area (Å²) in [6, 6.07) is 7.87. The molecular formula is C22H23F3N6O2. The van der Waals surface area contributed by atoms with Gasteiger partial charge < -0.3 is 15.7 Å². The van der Waals surface area contributed by atoms with Crippen LogP contribution in [0.5, 0.6) is 0 Å². The largest absolute Gasteiger partial charge is 0.416 e. The van der Waals surface area contributed by atoms with Crippen LogP contribution in [0.4, 0.5) is 19.1 Å². The van der Waals surface area contributed by atoms with Crippen LogP contribution >= 0.6 is 0 Å². The molecule has 8 nitrogen and oxygen atoms in total. The van der Waals surface area contributed by atoms with E-state index in [1.54, 1.807) is 25.3 Å². The van der Waals surface area contributed by atoms with Crippen LogP contribution < -0.4 is 10.6 Å². The highest BCUT2D eigenvalue weighted by atomic mass is 19.4. The van der Waals surface area contributed by atoms with E-state index in [0.29, 0.717) is 35.1 Å². The average molecular weight is 460 g/mol. The molecule has 3 heterocycles. The SMILES string of the molecule is C[C@H](Nc1nccc([C@@H]2C(=O)NC[C@@H]2[C@@H](C)O)n1)c1cc(-c2ccc(C(F)(F)F)cc2)n[nH]1. The summed E-state index contributed by atoms with van der Waals surface area (Å²) < 4.78 is 38.3. The molecule has 1 saturated heterocycles. The zero-order valence-corrected chi connectivity index (χ0v) is 17.9. The van der Waals surface area contributed by atoms with Crippen molar-refractivity contribution >= 4 is 11.9 Å². The number of carbonyl (C=O) groups is 1. The number of aliphatic hydroxyl groups is 1. The second-order valence-corrected chi connectivity index (χ2v) is 8.08. The monoisotopic (exact) mass is 460 g/mol. The number of aromatic nitrogens is 4. The van der Waals surface area contributed by atoms with Crippen LogP contribution in [0.1, 0.15) is 42.8 Å². The summed E-state index contributed by atoms with van der Waals surface area (Å²) in [5.74, 6) is -0.734. The predicted octanol–water partition coefficient (Wildman–Crippen LogP) is 3.27. The molecule has 0 radical (unpaired) electrons. The van der Waals surface area contributed by atoms with Gasteiger partial charge in [0.05, 0.1) is 40.7 Å². The van der Waals surface area contributed by atoms with E-state index in [2.05, 4.69) is 30.8 Å². The van der Waals surface area contributed by atoms with E-state index in [4.69, 9.17) is 0 Å². The number of anilines is 1. The first kappa shape index (κ1) is 22.7. The van der Waals surface area contributed by atoms with E-state index >= 15 is 0 Å². The zero-order valence-electron chi connectivity index (χ0n) is 17.9. The maximum atomic E-state index is 12.8. The molecule has 4 atom stereocenters. The number of nitrogens with one attached hydrogen (secondary N) is 3. The van der Waals surface area contributed by atoms with Crippen molar-refractivity contribution in [3.8, 4) is 11.3 Å². The van der Waals surface area contributed by atoms with Gasteiger partial charge in [0.2, 0.25) is 11.9 Å². The fourth-order valence-corrected chi connectivity index (χ4v) is 3.87. The minimum Gasteiger partial charge on any atom is -0.393 e. The number of carbonyl (C=O) groups excluding carboxylic acids is 1. The Hall–Kier alpha value is -3.47. The molecule has 4 rings (SSSR count). The lowest BCUT2D eigenvalue weighted by Crippen LogP contribution is -2.25. The van der Waals surface area contributed by atoms with E-state index in [1.807, 2.05) is 6.92 Å². The first-order valence-corrected chi connectivity index (χ1v) is 10.4. The van der Waals surface area contributed by atoms with Gasteiger partial charge in [-0.3, -0.25) is 9.89 Å². The predicted molar refractivity (Wildman–Crippen MR) is 114 cm³/mol. The second kappa shape index (κ2) is 8.81. The summed E-state index contributed by atoms with van der Waals surface area (Å²) in [4.78, 5) is 21.0. The molecule has 4 N–H and O–H groups in total. The molecule has 0 aliphatic carbocycles. The summed E-state index contributed by atoms with van der Waals surface area (Å²) in [5, 5.41) is 23.0. The number of nitrogens with zero attached hydrogens (tertiary/aromatic N) is 3. The Balaban J connectivity index is 1.48. The molecule has 33 heavy (non-hydrogen) atoms. The van der Waals surface area contributed by atoms with Crippen molar-refractivity contribution in [3.05, 3.63) is 59.5 Å². The Morgan fingerprint density at radius 3 is 2.58 bits per heavy atom. The van der Waals surface area contributed by atoms with E-state index in [-0.39, 0.29) is 17.9 Å². The summed E-state index contributed by atoms with van der Waals surface area (Å²) in [5.41, 5.74) is 1.52. The topological polar surface area (TPSA) is 116 Å². The third-order valence-corrected chi connectivity index (χ3v) is 5.76. The third kappa shape index (κ3) is 4.82. The molecule has 11 heteroatoms. The Labute approximate surface area is 187 Å². The Bertz CT molecular complexity index is 1130. The molecule has 1 aliphatic rings. The van der Waals surface area contributed by atoms with E-state index in [1.165, 1.54) is 12.1 Å². The molecule has 0 unspecified atom stereocenters. The minimum atomic E-state index is -4.39. The number of H-pyrrole nitrogens is 1. The Morgan fingerprint density at radius 2 is 1.91 bits per heavy atom. The van der Waals surface area contributed by atoms with Crippen LogP contribution in [0, 0.1) is 5.92 Å². The zero-order chi connectivity index (χ0) is 23.8. The summed E-state index contributed by atoms with van der Waals surface area (Å²) >= 11 is 0. The van der Waals surface area contributed by atoms with Gasteiger partial charge >= 0.3 is 6.18 Å². The number of aromatic amines is 1. The highest BCUT2D eigenvalue weighted by molar-refractivity contribution is 5.85. The number of halogens is 3. The van der Waals surface area contributed by atoms with Crippen LogP contribution in [0.15, 0.2) is 42.6 Å². The fourth-order valence-electron chi connectivity index (χ4n) is 3.87. The normalized spacial score (nSPS) is 20.4. The van der Waals surface area contributed by atoms with Crippen molar-refractivity contribution in [2.75, 3.05) is 11.9 Å². The standard InChI is InChI=1S/C22H23F3N6O2/c1-11(17-9-18(31-30-17)13-3-5-14(6-4-13)22(23,24)25)28-21-26-8-7-16(29-21)19-15(12(2)32)10-27-20(19)33/h3-9,11-12,15,19,32H,10H2,1-2H3,(H,27,33)(H,30,31)(H,26,28,29)/t11-,12+,15+,19+/m0/s1. The Morgan fingerprint density at radius 1 is 1.18 bits per heavy atom. The molecule has 0 saturated carbocycles. The molecule has 0 bridgehead atoms. The maximum Gasteiger partial charge on any atom is 0.416 e. The molecule has 1 aromatic carbocycles. The molecule has 3 aromatic rings. The van der Waals surface area contributed by atoms with Crippen LogP contribution in [-0.4, -0.2) is 43.8 Å². The van der Waals surface area contributed by atoms with Gasteiger partial charge in [-0.2, -0.15) is 18.3 Å². The Kier molecular flexibility index (Phi) is 6.07. The summed E-state index contributed by atoms with van der Waals surface area (Å²) in [6.45, 7) is 3.87. The third-order valence-electron chi connectivity index (χ3n) is 5.76. The summed E-state index contributed by atoms with van der Waals surface area (Å²) in [6.07, 6.45) is -3.52. The quantitative estimate of drug-likeness (QED) is 0.449. The smallest absolute Gasteiger partial charge is 0.393 e. The van der Waals surface area contributed by atoms with Gasteiger partial charge in [-0.1, -0.05) is 12.1 Å². The van der Waals surface area contributed by atoms with Crippen molar-refractivity contribution in [1.82, 2.24) is 25.5 Å². The van der Waals surface area contributed by atoms with Gasteiger partial charge in [-0.15, -0.1) is 0 Å². The number of hydrogen-bond donors (Lipinski definition) is 4. The van der Waals surface area contributed by atoms with Crippen LogP contribution in [0.2, 0.25) is 0 Å². The lowest BCUT2D eigenvalue weighted by atomic mass is 9.88. The lowest BCUT2D eigenvalue weighted by Gasteiger charge is -2.19. The number of amides is 1. The van der Waals surface area contributed by atoms with Gasteiger partial charge in [0, 0.05) is 24.2 Å². The molecular weight excluding hydrogens is 437 g/mol. The fraction of sp³-hybridized carbons (Fsp3) is 0.364. The van der Waals surface area contributed by atoms with Gasteiger partial charge in [0.15, 0.2) is 0 Å². The summed E-state index contributed by atoms with van der Waals surface area (Å²) in [7, 11) is 0. The lowest BCUT2D eigenvalue weighted by molar-refractivity contribution is -0.137. The molecule has 174 valence electrons. The van der Waals surface area contributed by atoms with E-state index < -0.39 is 23.8 Å². The van der Waals surface area contributed by atoms with Gasteiger partial charge in [-0.05, 0) is 38.1 Å². The molecule has 1 fully saturated rings. The highest BCUT2D eigenvalue weighted by Crippen LogP contribution is 2.32. The van der Waals surface area contributed by atoms with E-state index in [0.717, 1.165) is 12.1 Å². The second-order valence-electron chi connectivity index (χ2n) is 8.08. The number of alkyl halides is 3. The van der Waals surface area contributed by atoms with Crippen molar-refractivity contribution in [1.29, 1.82) is 0 Å². The maximum absolute atomic E-state index is 12.8. The van der Waals surface area contributed by atoms with Crippen LogP contribution in [-0.2, 0) is 11.0 Å². The van der Waals surface area contributed by atoms with Gasteiger partial charge in [0.1, 0.15) is 0 Å². The number of hydrogen-bond acceptors (Lipinski definition) is 6. The van der Waals surface area contributed by atoms with E-state index in [9.17, 15) is 23.1 Å². The molecule has 2 aromatic heterocycles. The van der Waals surface area contributed by atoms with Crippen molar-refractivity contribution < 1.29 is 23.1 Å². The highest BCUT2D eigenvalue weighted by Gasteiger charge is 2.39. The van der Waals surface area contributed by atoms with Crippen LogP contribution in [0.3, 0.4) is 0 Å². The van der Waals surface area contributed by atoms with Crippen molar-refractivity contribution in [2.45, 2.75) is 38.1 Å². The first-order chi connectivity index (χ1) is 15.6.